The molecule has 0 aromatic heterocycles. The van der Waals surface area contributed by atoms with E-state index >= 15 is 0 Å². The highest BCUT2D eigenvalue weighted by Gasteiger charge is 2.33. The van der Waals surface area contributed by atoms with Crippen molar-refractivity contribution >= 4 is 5.91 Å². The smallest absolute Gasteiger partial charge is 0.247 e. The Morgan fingerprint density at radius 3 is 2.47 bits per heavy atom. The normalized spacial score (nSPS) is 15.7. The third-order valence-corrected chi connectivity index (χ3v) is 3.69. The lowest BCUT2D eigenvalue weighted by Crippen LogP contribution is -2.38. The number of hydrogen-bond donors (Lipinski definition) is 0. The fourth-order valence-corrected chi connectivity index (χ4v) is 2.37. The summed E-state index contributed by atoms with van der Waals surface area (Å²) in [5.74, 6) is 0.835. The van der Waals surface area contributed by atoms with Gasteiger partial charge in [-0.2, -0.15) is 0 Å². The molecule has 1 fully saturated rings. The molecule has 0 bridgehead atoms. The summed E-state index contributed by atoms with van der Waals surface area (Å²) in [6.07, 6.45) is 4.27. The van der Waals surface area contributed by atoms with Gasteiger partial charge in [0, 0.05) is 18.7 Å². The summed E-state index contributed by atoms with van der Waals surface area (Å²) in [7, 11) is 0. The van der Waals surface area contributed by atoms with Crippen molar-refractivity contribution in [3.63, 3.8) is 0 Å². The molecule has 1 aliphatic rings. The molecule has 1 amide bonds. The Hall–Kier alpha value is -1.57. The van der Waals surface area contributed by atoms with Crippen LogP contribution >= 0.6 is 0 Å². The van der Waals surface area contributed by atoms with Crippen molar-refractivity contribution in [2.45, 2.75) is 46.2 Å². The third kappa shape index (κ3) is 3.95. The van der Waals surface area contributed by atoms with E-state index in [2.05, 4.69) is 19.1 Å². The molecule has 0 radical (unpaired) electrons. The number of allylic oxidation sites excluding steroid dienone is 1. The Kier molecular flexibility index (Phi) is 4.41. The van der Waals surface area contributed by atoms with Crippen LogP contribution in [0, 0.1) is 5.92 Å². The molecule has 0 heterocycles. The second-order valence-electron chi connectivity index (χ2n) is 5.75. The molecule has 2 heteroatoms. The summed E-state index contributed by atoms with van der Waals surface area (Å²) in [4.78, 5) is 14.4. The van der Waals surface area contributed by atoms with Gasteiger partial charge in [-0.1, -0.05) is 35.9 Å². The fraction of sp³-hybridized carbons (Fsp3) is 0.471. The summed E-state index contributed by atoms with van der Waals surface area (Å²) in [6.45, 7) is 6.83. The first-order valence-electron chi connectivity index (χ1n) is 7.07. The van der Waals surface area contributed by atoms with Crippen molar-refractivity contribution in [3.05, 3.63) is 47.5 Å². The van der Waals surface area contributed by atoms with Crippen LogP contribution in [0.4, 0.5) is 0 Å². The fourth-order valence-electron chi connectivity index (χ4n) is 2.37. The maximum absolute atomic E-state index is 12.4. The number of carbonyl (C=O) groups is 1. The van der Waals surface area contributed by atoms with E-state index in [9.17, 15) is 4.79 Å². The minimum atomic E-state index is 0.142. The Bertz CT molecular complexity index is 455. The Labute approximate surface area is 116 Å². The maximum Gasteiger partial charge on any atom is 0.247 e. The van der Waals surface area contributed by atoms with E-state index in [4.69, 9.17) is 0 Å². The summed E-state index contributed by atoms with van der Waals surface area (Å²) in [5.41, 5.74) is 2.26. The van der Waals surface area contributed by atoms with Crippen LogP contribution < -0.4 is 0 Å². The van der Waals surface area contributed by atoms with Crippen LogP contribution in [0.25, 0.3) is 0 Å². The van der Waals surface area contributed by atoms with Gasteiger partial charge in [0.15, 0.2) is 0 Å². The van der Waals surface area contributed by atoms with Crippen molar-refractivity contribution in [2.24, 2.45) is 5.92 Å². The molecule has 102 valence electrons. The first-order chi connectivity index (χ1) is 9.08. The number of hydrogen-bond acceptors (Lipinski definition) is 1. The lowest BCUT2D eigenvalue weighted by molar-refractivity contribution is -0.129. The second-order valence-corrected chi connectivity index (χ2v) is 5.75. The average molecular weight is 257 g/mol. The molecule has 2 nitrogen and oxygen atoms in total. The van der Waals surface area contributed by atoms with Crippen molar-refractivity contribution in [2.75, 3.05) is 0 Å². The van der Waals surface area contributed by atoms with Crippen LogP contribution in [0.3, 0.4) is 0 Å². The average Bonchev–Trinajstić information content (AvgIpc) is 3.19. The number of nitrogens with zero attached hydrogens (tertiary/aromatic N) is 1. The minimum absolute atomic E-state index is 0.142. The van der Waals surface area contributed by atoms with E-state index < -0.39 is 0 Å². The van der Waals surface area contributed by atoms with Crippen molar-refractivity contribution < 1.29 is 4.79 Å². The van der Waals surface area contributed by atoms with Gasteiger partial charge in [-0.3, -0.25) is 4.79 Å². The molecule has 2 rings (SSSR count). The standard InChI is InChI=1S/C17H23NO/c1-13(2)11-17(19)18(14(3)16-9-10-16)12-15-7-5-4-6-8-15/h4-8,11,14,16H,9-10,12H2,1-3H3. The lowest BCUT2D eigenvalue weighted by Gasteiger charge is -2.28. The zero-order chi connectivity index (χ0) is 13.8. The predicted octanol–water partition coefficient (Wildman–Crippen LogP) is 3.78. The molecule has 1 saturated carbocycles. The summed E-state index contributed by atoms with van der Waals surface area (Å²) >= 11 is 0. The molecule has 1 unspecified atom stereocenters. The van der Waals surface area contributed by atoms with Crippen LogP contribution in [-0.4, -0.2) is 16.8 Å². The topological polar surface area (TPSA) is 20.3 Å². The molecule has 19 heavy (non-hydrogen) atoms. The van der Waals surface area contributed by atoms with Crippen LogP contribution in [0.2, 0.25) is 0 Å². The van der Waals surface area contributed by atoms with Crippen molar-refractivity contribution in [1.29, 1.82) is 0 Å². The van der Waals surface area contributed by atoms with Gasteiger partial charge < -0.3 is 4.90 Å². The summed E-state index contributed by atoms with van der Waals surface area (Å²) in [6, 6.07) is 10.6. The molecule has 1 aromatic carbocycles. The monoisotopic (exact) mass is 257 g/mol. The predicted molar refractivity (Wildman–Crippen MR) is 78.6 cm³/mol. The van der Waals surface area contributed by atoms with Crippen LogP contribution in [0.15, 0.2) is 42.0 Å². The molecular weight excluding hydrogens is 234 g/mol. The summed E-state index contributed by atoms with van der Waals surface area (Å²) in [5, 5.41) is 0. The number of amides is 1. The SMILES string of the molecule is CC(C)=CC(=O)N(Cc1ccccc1)C(C)C1CC1. The first kappa shape index (κ1) is 13.9. The number of benzene rings is 1. The Morgan fingerprint density at radius 2 is 1.95 bits per heavy atom. The molecule has 0 N–H and O–H groups in total. The molecular formula is C17H23NO. The Balaban J connectivity index is 2.14. The maximum atomic E-state index is 12.4. The van der Waals surface area contributed by atoms with Crippen molar-refractivity contribution in [1.82, 2.24) is 4.90 Å². The van der Waals surface area contributed by atoms with Gasteiger partial charge in [0.2, 0.25) is 5.91 Å². The van der Waals surface area contributed by atoms with Crippen LogP contribution in [0.5, 0.6) is 0 Å². The van der Waals surface area contributed by atoms with Crippen LogP contribution in [0.1, 0.15) is 39.2 Å². The second kappa shape index (κ2) is 6.05. The quantitative estimate of drug-likeness (QED) is 0.735. The molecule has 0 saturated heterocycles. The van der Waals surface area contributed by atoms with Gasteiger partial charge in [0.25, 0.3) is 0 Å². The number of carbonyl (C=O) groups excluding carboxylic acids is 1. The number of rotatable bonds is 5. The first-order valence-corrected chi connectivity index (χ1v) is 7.07. The van der Waals surface area contributed by atoms with Crippen LogP contribution in [-0.2, 0) is 11.3 Å². The van der Waals surface area contributed by atoms with Crippen molar-refractivity contribution in [3.8, 4) is 0 Å². The molecule has 0 aliphatic heterocycles. The third-order valence-electron chi connectivity index (χ3n) is 3.69. The van der Waals surface area contributed by atoms with Gasteiger partial charge in [0.1, 0.15) is 0 Å². The molecule has 0 spiro atoms. The summed E-state index contributed by atoms with van der Waals surface area (Å²) < 4.78 is 0. The zero-order valence-electron chi connectivity index (χ0n) is 12.1. The zero-order valence-corrected chi connectivity index (χ0v) is 12.1. The van der Waals surface area contributed by atoms with Gasteiger partial charge in [-0.05, 0) is 45.1 Å². The van der Waals surface area contributed by atoms with E-state index in [0.717, 1.165) is 5.57 Å². The lowest BCUT2D eigenvalue weighted by atomic mass is 10.1. The van der Waals surface area contributed by atoms with E-state index in [1.54, 1.807) is 6.08 Å². The minimum Gasteiger partial charge on any atom is -0.332 e. The van der Waals surface area contributed by atoms with E-state index in [1.165, 1.54) is 18.4 Å². The van der Waals surface area contributed by atoms with E-state index in [0.29, 0.717) is 18.5 Å². The van der Waals surface area contributed by atoms with Gasteiger partial charge >= 0.3 is 0 Å². The van der Waals surface area contributed by atoms with Gasteiger partial charge in [0.05, 0.1) is 0 Å². The molecule has 1 aromatic rings. The highest BCUT2D eigenvalue weighted by Crippen LogP contribution is 2.35. The van der Waals surface area contributed by atoms with Gasteiger partial charge in [-0.15, -0.1) is 0 Å². The van der Waals surface area contributed by atoms with E-state index in [1.807, 2.05) is 36.9 Å². The molecule has 1 atom stereocenters. The van der Waals surface area contributed by atoms with Gasteiger partial charge in [-0.25, -0.2) is 0 Å². The largest absolute Gasteiger partial charge is 0.332 e. The Morgan fingerprint density at radius 1 is 1.32 bits per heavy atom. The molecule has 1 aliphatic carbocycles. The van der Waals surface area contributed by atoms with E-state index in [-0.39, 0.29) is 5.91 Å². The highest BCUT2D eigenvalue weighted by molar-refractivity contribution is 5.88. The highest BCUT2D eigenvalue weighted by atomic mass is 16.2.